The van der Waals surface area contributed by atoms with E-state index in [2.05, 4.69) is 10.3 Å². The van der Waals surface area contributed by atoms with Crippen molar-refractivity contribution in [1.82, 2.24) is 14.9 Å². The first-order valence-corrected chi connectivity index (χ1v) is 5.04. The van der Waals surface area contributed by atoms with Crippen LogP contribution < -0.4 is 5.32 Å². The van der Waals surface area contributed by atoms with Crippen LogP contribution in [0, 0.1) is 5.92 Å². The molecular formula is C10H15N3O. The highest BCUT2D eigenvalue weighted by atomic mass is 16.2. The average molecular weight is 193 g/mol. The zero-order chi connectivity index (χ0) is 9.97. The summed E-state index contributed by atoms with van der Waals surface area (Å²) < 4.78 is 1.46. The normalized spacial score (nSPS) is 17.8. The van der Waals surface area contributed by atoms with E-state index in [0.717, 1.165) is 12.3 Å². The molecule has 1 unspecified atom stereocenters. The lowest BCUT2D eigenvalue weighted by Crippen LogP contribution is -2.35. The van der Waals surface area contributed by atoms with Crippen molar-refractivity contribution in [3.8, 4) is 0 Å². The Bertz CT molecular complexity index is 303. The van der Waals surface area contributed by atoms with Crippen LogP contribution in [-0.4, -0.2) is 21.6 Å². The topological polar surface area (TPSA) is 46.9 Å². The van der Waals surface area contributed by atoms with Crippen molar-refractivity contribution in [3.05, 3.63) is 18.7 Å². The Balaban J connectivity index is 1.81. The second kappa shape index (κ2) is 3.82. The van der Waals surface area contributed by atoms with Gasteiger partial charge in [0.05, 0.1) is 0 Å². The maximum Gasteiger partial charge on any atom is 0.327 e. The number of carbonyl (C=O) groups excluding carboxylic acids is 1. The molecule has 1 aliphatic rings. The van der Waals surface area contributed by atoms with Gasteiger partial charge in [-0.1, -0.05) is 12.8 Å². The molecular weight excluding hydrogens is 178 g/mol. The Kier molecular flexibility index (Phi) is 2.52. The maximum absolute atomic E-state index is 11.5. The van der Waals surface area contributed by atoms with E-state index in [9.17, 15) is 4.79 Å². The monoisotopic (exact) mass is 193 g/mol. The molecule has 14 heavy (non-hydrogen) atoms. The van der Waals surface area contributed by atoms with Crippen molar-refractivity contribution >= 4 is 6.03 Å². The van der Waals surface area contributed by atoms with Gasteiger partial charge in [-0.15, -0.1) is 0 Å². The predicted molar refractivity (Wildman–Crippen MR) is 53.0 cm³/mol. The summed E-state index contributed by atoms with van der Waals surface area (Å²) in [4.78, 5) is 15.4. The molecule has 0 aromatic carbocycles. The van der Waals surface area contributed by atoms with E-state index < -0.39 is 0 Å². The molecule has 0 bridgehead atoms. The number of nitrogens with zero attached hydrogens (tertiary/aromatic N) is 2. The third-order valence-corrected chi connectivity index (χ3v) is 2.49. The molecule has 0 saturated heterocycles. The summed E-state index contributed by atoms with van der Waals surface area (Å²) in [6, 6.07) is 0.174. The fourth-order valence-corrected chi connectivity index (χ4v) is 1.58. The molecule has 1 aromatic rings. The van der Waals surface area contributed by atoms with Gasteiger partial charge in [0.2, 0.25) is 0 Å². The van der Waals surface area contributed by atoms with E-state index in [4.69, 9.17) is 0 Å². The summed E-state index contributed by atoms with van der Waals surface area (Å²) in [6.07, 6.45) is 8.51. The average Bonchev–Trinajstić information content (AvgIpc) is 2.80. The first-order chi connectivity index (χ1) is 6.75. The number of nitrogens with one attached hydrogen (secondary N) is 1. The quantitative estimate of drug-likeness (QED) is 0.793. The highest BCUT2D eigenvalue weighted by Gasteiger charge is 2.24. The largest absolute Gasteiger partial charge is 0.335 e. The van der Waals surface area contributed by atoms with Crippen molar-refractivity contribution in [2.75, 3.05) is 0 Å². The molecule has 0 aliphatic heterocycles. The van der Waals surface area contributed by atoms with E-state index in [1.165, 1.54) is 23.7 Å². The number of amides is 1. The Labute approximate surface area is 83.3 Å². The molecule has 1 aliphatic carbocycles. The van der Waals surface area contributed by atoms with Crippen LogP contribution in [0.2, 0.25) is 0 Å². The van der Waals surface area contributed by atoms with Crippen LogP contribution in [0.25, 0.3) is 0 Å². The lowest BCUT2D eigenvalue weighted by atomic mass is 10.2. The van der Waals surface area contributed by atoms with Crippen molar-refractivity contribution in [3.63, 3.8) is 0 Å². The van der Waals surface area contributed by atoms with Gasteiger partial charge in [0, 0.05) is 18.4 Å². The lowest BCUT2D eigenvalue weighted by Gasteiger charge is -2.12. The molecule has 1 aromatic heterocycles. The zero-order valence-electron chi connectivity index (χ0n) is 8.31. The molecule has 1 saturated carbocycles. The molecule has 0 spiro atoms. The summed E-state index contributed by atoms with van der Waals surface area (Å²) in [5, 5.41) is 2.94. The van der Waals surface area contributed by atoms with Gasteiger partial charge in [0.15, 0.2) is 0 Å². The Morgan fingerprint density at radius 3 is 3.07 bits per heavy atom. The van der Waals surface area contributed by atoms with Crippen molar-refractivity contribution < 1.29 is 4.79 Å². The first-order valence-electron chi connectivity index (χ1n) is 5.04. The van der Waals surface area contributed by atoms with Crippen molar-refractivity contribution in [2.24, 2.45) is 5.92 Å². The molecule has 1 amide bonds. The lowest BCUT2D eigenvalue weighted by molar-refractivity contribution is 0.238. The second-order valence-corrected chi connectivity index (χ2v) is 4.00. The predicted octanol–water partition coefficient (Wildman–Crippen LogP) is 1.63. The fourth-order valence-electron chi connectivity index (χ4n) is 1.58. The molecule has 0 radical (unpaired) electrons. The molecule has 4 heteroatoms. The van der Waals surface area contributed by atoms with Crippen LogP contribution in [-0.2, 0) is 0 Å². The summed E-state index contributed by atoms with van der Waals surface area (Å²) in [6.45, 7) is 2.05. The van der Waals surface area contributed by atoms with Gasteiger partial charge < -0.3 is 5.32 Å². The standard InChI is InChI=1S/C10H15N3O/c1-8(6-9-2-3-9)12-10(14)13-5-4-11-7-13/h4-5,7-9H,2-3,6H2,1H3,(H,12,14). The summed E-state index contributed by atoms with van der Waals surface area (Å²) >= 11 is 0. The minimum absolute atomic E-state index is 0.0874. The van der Waals surface area contributed by atoms with E-state index in [0.29, 0.717) is 0 Å². The van der Waals surface area contributed by atoms with Crippen molar-refractivity contribution in [2.45, 2.75) is 32.2 Å². The highest BCUT2D eigenvalue weighted by molar-refractivity contribution is 5.76. The van der Waals surface area contributed by atoms with Gasteiger partial charge in [-0.25, -0.2) is 9.78 Å². The molecule has 1 N–H and O–H groups in total. The molecule has 1 fully saturated rings. The summed E-state index contributed by atoms with van der Waals surface area (Å²) in [7, 11) is 0. The third kappa shape index (κ3) is 2.34. The van der Waals surface area contributed by atoms with Crippen LogP contribution in [0.3, 0.4) is 0 Å². The maximum atomic E-state index is 11.5. The smallest absolute Gasteiger partial charge is 0.327 e. The van der Waals surface area contributed by atoms with Gasteiger partial charge in [-0.3, -0.25) is 4.57 Å². The molecule has 1 heterocycles. The number of aromatic nitrogens is 2. The molecule has 4 nitrogen and oxygen atoms in total. The Hall–Kier alpha value is -1.32. The number of hydrogen-bond acceptors (Lipinski definition) is 2. The van der Waals surface area contributed by atoms with E-state index in [1.54, 1.807) is 12.4 Å². The zero-order valence-corrected chi connectivity index (χ0v) is 8.31. The van der Waals surface area contributed by atoms with Crippen LogP contribution in [0.1, 0.15) is 26.2 Å². The highest BCUT2D eigenvalue weighted by Crippen LogP contribution is 2.33. The van der Waals surface area contributed by atoms with Gasteiger partial charge in [-0.2, -0.15) is 0 Å². The Morgan fingerprint density at radius 2 is 2.50 bits per heavy atom. The first kappa shape index (κ1) is 9.24. The van der Waals surface area contributed by atoms with Crippen LogP contribution in [0.4, 0.5) is 4.79 Å². The summed E-state index contributed by atoms with van der Waals surface area (Å²) in [5.74, 6) is 0.841. The number of rotatable bonds is 3. The van der Waals surface area contributed by atoms with Gasteiger partial charge in [0.25, 0.3) is 0 Å². The number of carbonyl (C=O) groups is 1. The third-order valence-electron chi connectivity index (χ3n) is 2.49. The number of imidazole rings is 1. The number of hydrogen-bond donors (Lipinski definition) is 1. The SMILES string of the molecule is CC(CC1CC1)NC(=O)n1ccnc1. The van der Waals surface area contributed by atoms with E-state index >= 15 is 0 Å². The van der Waals surface area contributed by atoms with Crippen LogP contribution >= 0.6 is 0 Å². The summed E-state index contributed by atoms with van der Waals surface area (Å²) in [5.41, 5.74) is 0. The van der Waals surface area contributed by atoms with Gasteiger partial charge >= 0.3 is 6.03 Å². The van der Waals surface area contributed by atoms with Gasteiger partial charge in [0.1, 0.15) is 6.33 Å². The second-order valence-electron chi connectivity index (χ2n) is 4.00. The van der Waals surface area contributed by atoms with Crippen LogP contribution in [0.5, 0.6) is 0 Å². The van der Waals surface area contributed by atoms with Crippen LogP contribution in [0.15, 0.2) is 18.7 Å². The molecule has 76 valence electrons. The van der Waals surface area contributed by atoms with E-state index in [1.807, 2.05) is 6.92 Å². The Morgan fingerprint density at radius 1 is 1.71 bits per heavy atom. The fraction of sp³-hybridized carbons (Fsp3) is 0.600. The minimum Gasteiger partial charge on any atom is -0.335 e. The molecule has 1 atom stereocenters. The van der Waals surface area contributed by atoms with Gasteiger partial charge in [-0.05, 0) is 19.3 Å². The molecule has 2 rings (SSSR count). The minimum atomic E-state index is -0.0874. The van der Waals surface area contributed by atoms with Crippen molar-refractivity contribution in [1.29, 1.82) is 0 Å². The van der Waals surface area contributed by atoms with E-state index in [-0.39, 0.29) is 12.1 Å².